The Labute approximate surface area is 158 Å². The zero-order chi connectivity index (χ0) is 18.0. The first-order valence-electron chi connectivity index (χ1n) is 8.57. The van der Waals surface area contributed by atoms with Crippen molar-refractivity contribution < 1.29 is 9.47 Å². The summed E-state index contributed by atoms with van der Waals surface area (Å²) in [5, 5.41) is 0. The second-order valence-electron chi connectivity index (χ2n) is 6.35. The van der Waals surface area contributed by atoms with Crippen molar-refractivity contribution in [3.05, 3.63) is 108 Å². The van der Waals surface area contributed by atoms with Crippen molar-refractivity contribution in [3.63, 3.8) is 0 Å². The fraction of sp³-hybridized carbons (Fsp3) is 0.130. The molecule has 3 aromatic carbocycles. The van der Waals surface area contributed by atoms with E-state index in [4.69, 9.17) is 9.47 Å². The lowest BCUT2D eigenvalue weighted by Gasteiger charge is -2.28. The van der Waals surface area contributed by atoms with Gasteiger partial charge in [0.25, 0.3) is 5.79 Å². The topological polar surface area (TPSA) is 18.5 Å². The Balaban J connectivity index is 1.63. The van der Waals surface area contributed by atoms with Gasteiger partial charge in [0, 0.05) is 20.9 Å². The minimum Gasteiger partial charge on any atom is -0.456 e. The molecule has 3 aromatic rings. The number of benzene rings is 3. The van der Waals surface area contributed by atoms with E-state index < -0.39 is 5.79 Å². The third kappa shape index (κ3) is 3.28. The molecule has 0 saturated carbocycles. The predicted molar refractivity (Wildman–Crippen MR) is 105 cm³/mol. The van der Waals surface area contributed by atoms with Gasteiger partial charge in [-0.2, -0.15) is 0 Å². The number of hydrogen-bond acceptors (Lipinski definition) is 3. The molecule has 0 amide bonds. The molecule has 0 spiro atoms. The van der Waals surface area contributed by atoms with Crippen LogP contribution in [-0.2, 0) is 15.3 Å². The highest BCUT2D eigenvalue weighted by Crippen LogP contribution is 2.42. The molecule has 1 saturated heterocycles. The van der Waals surface area contributed by atoms with E-state index in [1.54, 1.807) is 11.8 Å². The van der Waals surface area contributed by atoms with Crippen LogP contribution in [0.2, 0.25) is 0 Å². The van der Waals surface area contributed by atoms with Crippen molar-refractivity contribution in [3.8, 4) is 0 Å². The van der Waals surface area contributed by atoms with Crippen molar-refractivity contribution in [1.82, 2.24) is 0 Å². The standard InChI is InChI=1S/C23H20O2S/c1-17-8-12-21(13-9-17)26-22-14-10-20(11-15-22)23(24-16-18(2)25-23)19-6-4-3-5-7-19/h3-15H,2,16H2,1H3. The fourth-order valence-electron chi connectivity index (χ4n) is 3.04. The second kappa shape index (κ2) is 7.02. The molecule has 130 valence electrons. The van der Waals surface area contributed by atoms with Gasteiger partial charge >= 0.3 is 0 Å². The van der Waals surface area contributed by atoms with Crippen molar-refractivity contribution in [2.24, 2.45) is 0 Å². The quantitative estimate of drug-likeness (QED) is 0.576. The van der Waals surface area contributed by atoms with E-state index in [0.717, 1.165) is 11.1 Å². The van der Waals surface area contributed by atoms with Gasteiger partial charge in [-0.1, -0.05) is 78.5 Å². The number of hydrogen-bond donors (Lipinski definition) is 0. The van der Waals surface area contributed by atoms with E-state index in [-0.39, 0.29) is 0 Å². The van der Waals surface area contributed by atoms with E-state index >= 15 is 0 Å². The lowest BCUT2D eigenvalue weighted by molar-refractivity contribution is -0.120. The summed E-state index contributed by atoms with van der Waals surface area (Å²) in [6, 6.07) is 26.9. The van der Waals surface area contributed by atoms with Gasteiger partial charge in [0.05, 0.1) is 0 Å². The molecule has 1 fully saturated rings. The maximum Gasteiger partial charge on any atom is 0.264 e. The predicted octanol–water partition coefficient (Wildman–Crippen LogP) is 5.91. The van der Waals surface area contributed by atoms with E-state index in [1.165, 1.54) is 15.4 Å². The monoisotopic (exact) mass is 360 g/mol. The summed E-state index contributed by atoms with van der Waals surface area (Å²) >= 11 is 1.74. The Morgan fingerprint density at radius 1 is 0.808 bits per heavy atom. The average molecular weight is 360 g/mol. The molecule has 1 unspecified atom stereocenters. The van der Waals surface area contributed by atoms with Crippen molar-refractivity contribution >= 4 is 11.8 Å². The van der Waals surface area contributed by atoms with Crippen LogP contribution in [0.25, 0.3) is 0 Å². The van der Waals surface area contributed by atoms with Crippen LogP contribution in [-0.4, -0.2) is 6.61 Å². The first-order valence-corrected chi connectivity index (χ1v) is 9.39. The highest BCUT2D eigenvalue weighted by Gasteiger charge is 2.43. The lowest BCUT2D eigenvalue weighted by Crippen LogP contribution is -2.28. The van der Waals surface area contributed by atoms with Crippen molar-refractivity contribution in [1.29, 1.82) is 0 Å². The lowest BCUT2D eigenvalue weighted by atomic mass is 9.97. The summed E-state index contributed by atoms with van der Waals surface area (Å²) in [5.74, 6) is -0.266. The van der Waals surface area contributed by atoms with Crippen LogP contribution < -0.4 is 0 Å². The molecular weight excluding hydrogens is 340 g/mol. The summed E-state index contributed by atoms with van der Waals surface area (Å²) in [6.45, 7) is 6.43. The number of ether oxygens (including phenoxy) is 2. The van der Waals surface area contributed by atoms with Crippen LogP contribution in [0.1, 0.15) is 16.7 Å². The molecule has 0 N–H and O–H groups in total. The Bertz CT molecular complexity index is 901. The molecule has 3 heteroatoms. The molecule has 0 aliphatic carbocycles. The molecule has 1 aliphatic heterocycles. The van der Waals surface area contributed by atoms with Crippen molar-refractivity contribution in [2.45, 2.75) is 22.5 Å². The van der Waals surface area contributed by atoms with Crippen LogP contribution >= 0.6 is 11.8 Å². The minimum absolute atomic E-state index is 0.398. The molecule has 4 rings (SSSR count). The smallest absolute Gasteiger partial charge is 0.264 e. The highest BCUT2D eigenvalue weighted by atomic mass is 32.2. The molecule has 1 atom stereocenters. The third-order valence-electron chi connectivity index (χ3n) is 4.37. The van der Waals surface area contributed by atoms with Crippen molar-refractivity contribution in [2.75, 3.05) is 6.61 Å². The van der Waals surface area contributed by atoms with Gasteiger partial charge in [0.2, 0.25) is 0 Å². The fourth-order valence-corrected chi connectivity index (χ4v) is 3.85. The molecule has 0 aromatic heterocycles. The highest BCUT2D eigenvalue weighted by molar-refractivity contribution is 7.99. The summed E-state index contributed by atoms with van der Waals surface area (Å²) in [4.78, 5) is 2.40. The maximum absolute atomic E-state index is 6.07. The van der Waals surface area contributed by atoms with Gasteiger partial charge in [0.1, 0.15) is 12.4 Å². The van der Waals surface area contributed by atoms with Gasteiger partial charge in [-0.25, -0.2) is 0 Å². The van der Waals surface area contributed by atoms with E-state index in [9.17, 15) is 0 Å². The SMILES string of the molecule is C=C1COC(c2ccccc2)(c2ccc(Sc3ccc(C)cc3)cc2)O1. The van der Waals surface area contributed by atoms with Crippen LogP contribution in [0.3, 0.4) is 0 Å². The average Bonchev–Trinajstić information content (AvgIpc) is 3.08. The van der Waals surface area contributed by atoms with E-state index in [0.29, 0.717) is 12.4 Å². The van der Waals surface area contributed by atoms with Gasteiger partial charge < -0.3 is 9.47 Å². The van der Waals surface area contributed by atoms with Crippen LogP contribution in [0.5, 0.6) is 0 Å². The van der Waals surface area contributed by atoms with Gasteiger partial charge in [-0.05, 0) is 31.2 Å². The molecule has 1 aliphatic rings. The Morgan fingerprint density at radius 3 is 1.96 bits per heavy atom. The molecule has 2 nitrogen and oxygen atoms in total. The number of rotatable bonds is 4. The molecular formula is C23H20O2S. The summed E-state index contributed by atoms with van der Waals surface area (Å²) in [5.41, 5.74) is 3.21. The largest absolute Gasteiger partial charge is 0.456 e. The number of aryl methyl sites for hydroxylation is 1. The molecule has 0 radical (unpaired) electrons. The van der Waals surface area contributed by atoms with Gasteiger partial charge in [0.15, 0.2) is 0 Å². The summed E-state index contributed by atoms with van der Waals surface area (Å²) in [7, 11) is 0. The molecule has 0 bridgehead atoms. The zero-order valence-corrected chi connectivity index (χ0v) is 15.5. The van der Waals surface area contributed by atoms with Crippen LogP contribution in [0.15, 0.2) is 101 Å². The minimum atomic E-state index is -0.911. The normalized spacial score (nSPS) is 19.3. The Hall–Kier alpha value is -2.49. The summed E-state index contributed by atoms with van der Waals surface area (Å²) in [6.07, 6.45) is 0. The van der Waals surface area contributed by atoms with E-state index in [1.807, 2.05) is 30.3 Å². The summed E-state index contributed by atoms with van der Waals surface area (Å²) < 4.78 is 12.1. The Kier molecular flexibility index (Phi) is 4.58. The maximum atomic E-state index is 6.07. The van der Waals surface area contributed by atoms with Gasteiger partial charge in [-0.3, -0.25) is 0 Å². The third-order valence-corrected chi connectivity index (χ3v) is 5.39. The van der Waals surface area contributed by atoms with Gasteiger partial charge in [-0.15, -0.1) is 0 Å². The van der Waals surface area contributed by atoms with Crippen LogP contribution in [0, 0.1) is 6.92 Å². The Morgan fingerprint density at radius 2 is 1.38 bits per heavy atom. The molecule has 1 heterocycles. The second-order valence-corrected chi connectivity index (χ2v) is 7.50. The van der Waals surface area contributed by atoms with Crippen LogP contribution in [0.4, 0.5) is 0 Å². The van der Waals surface area contributed by atoms with E-state index in [2.05, 4.69) is 62.0 Å². The molecule has 26 heavy (non-hydrogen) atoms. The first-order chi connectivity index (χ1) is 12.7. The first kappa shape index (κ1) is 17.0. The zero-order valence-electron chi connectivity index (χ0n) is 14.6.